The highest BCUT2D eigenvalue weighted by Crippen LogP contribution is 2.37. The number of hydrogen-bond acceptors (Lipinski definition) is 4. The smallest absolute Gasteiger partial charge is 0.350 e. The summed E-state index contributed by atoms with van der Waals surface area (Å²) in [6.07, 6.45) is 0. The van der Waals surface area contributed by atoms with Crippen molar-refractivity contribution < 1.29 is 14.3 Å². The number of hydrogen-bond donors (Lipinski definition) is 1. The molecule has 0 radical (unpaired) electrons. The molecule has 4 aromatic rings. The fourth-order valence-electron chi connectivity index (χ4n) is 2.89. The van der Waals surface area contributed by atoms with Crippen LogP contribution in [0.4, 0.5) is 5.69 Å². The van der Waals surface area contributed by atoms with Gasteiger partial charge in [-0.05, 0) is 23.6 Å². The Kier molecular flexibility index (Phi) is 5.22. The number of nitrogens with one attached hydrogen (secondary N) is 1. The van der Waals surface area contributed by atoms with Crippen LogP contribution < -0.4 is 5.32 Å². The van der Waals surface area contributed by atoms with Gasteiger partial charge in [-0.3, -0.25) is 4.79 Å². The molecule has 0 fully saturated rings. The first kappa shape index (κ1) is 18.7. The van der Waals surface area contributed by atoms with Crippen LogP contribution in [0.15, 0.2) is 60.7 Å². The van der Waals surface area contributed by atoms with Crippen LogP contribution in [0.25, 0.3) is 20.9 Å². The molecule has 0 atom stereocenters. The molecule has 0 unspecified atom stereocenters. The molecule has 0 aliphatic heterocycles. The molecule has 1 N–H and O–H groups in total. The van der Waals surface area contributed by atoms with Crippen LogP contribution in [0.2, 0.25) is 10.0 Å². The van der Waals surface area contributed by atoms with Crippen molar-refractivity contribution >= 4 is 73.0 Å². The second-order valence-corrected chi connectivity index (χ2v) is 7.90. The van der Waals surface area contributed by atoms with Gasteiger partial charge >= 0.3 is 5.97 Å². The lowest BCUT2D eigenvalue weighted by Crippen LogP contribution is -2.20. The minimum absolute atomic E-state index is 0.247. The lowest BCUT2D eigenvalue weighted by molar-refractivity contribution is -0.119. The first-order valence-corrected chi connectivity index (χ1v) is 9.92. The number of ether oxygens (including phenoxy) is 1. The zero-order valence-electron chi connectivity index (χ0n) is 14.4. The summed E-state index contributed by atoms with van der Waals surface area (Å²) in [4.78, 5) is 24.9. The topological polar surface area (TPSA) is 55.4 Å². The van der Waals surface area contributed by atoms with Crippen LogP contribution in [0.3, 0.4) is 0 Å². The second-order valence-electron chi connectivity index (χ2n) is 6.04. The SMILES string of the molecule is O=C(COC(=O)c1sc2cc(Cl)ccc2c1Cl)Nc1cccc2ccccc12. The van der Waals surface area contributed by atoms with Crippen molar-refractivity contribution in [3.63, 3.8) is 0 Å². The van der Waals surface area contributed by atoms with Gasteiger partial charge in [0, 0.05) is 26.2 Å². The van der Waals surface area contributed by atoms with Gasteiger partial charge in [-0.15, -0.1) is 11.3 Å². The summed E-state index contributed by atoms with van der Waals surface area (Å²) in [5, 5.41) is 6.28. The van der Waals surface area contributed by atoms with E-state index < -0.39 is 18.5 Å². The van der Waals surface area contributed by atoms with E-state index in [2.05, 4.69) is 5.32 Å². The lowest BCUT2D eigenvalue weighted by atomic mass is 10.1. The average Bonchev–Trinajstić information content (AvgIpc) is 3.02. The Balaban J connectivity index is 1.46. The molecule has 0 aliphatic carbocycles. The molecule has 0 bridgehead atoms. The maximum Gasteiger partial charge on any atom is 0.350 e. The minimum atomic E-state index is -0.643. The largest absolute Gasteiger partial charge is 0.451 e. The average molecular weight is 430 g/mol. The van der Waals surface area contributed by atoms with E-state index in [0.29, 0.717) is 15.7 Å². The molecule has 28 heavy (non-hydrogen) atoms. The van der Waals surface area contributed by atoms with Crippen LogP contribution in [-0.2, 0) is 9.53 Å². The molecule has 1 aromatic heterocycles. The van der Waals surface area contributed by atoms with E-state index in [0.717, 1.165) is 20.9 Å². The molecular formula is C21H13Cl2NO3S. The number of anilines is 1. The van der Waals surface area contributed by atoms with Gasteiger partial charge in [0.2, 0.25) is 0 Å². The quantitative estimate of drug-likeness (QED) is 0.395. The third kappa shape index (κ3) is 3.69. The number of esters is 1. The summed E-state index contributed by atoms with van der Waals surface area (Å²) in [6, 6.07) is 18.5. The normalized spacial score (nSPS) is 10.9. The Labute approximate surface area is 174 Å². The van der Waals surface area contributed by atoms with Crippen LogP contribution in [0.5, 0.6) is 0 Å². The molecular weight excluding hydrogens is 417 g/mol. The van der Waals surface area contributed by atoms with E-state index in [4.69, 9.17) is 27.9 Å². The number of halogens is 2. The van der Waals surface area contributed by atoms with E-state index in [1.165, 1.54) is 11.3 Å². The Hall–Kier alpha value is -2.60. The fourth-order valence-corrected chi connectivity index (χ4v) is 4.57. The Morgan fingerprint density at radius 1 is 0.964 bits per heavy atom. The molecule has 1 amide bonds. The maximum atomic E-state index is 12.4. The molecule has 0 spiro atoms. The summed E-state index contributed by atoms with van der Waals surface area (Å²) in [5.41, 5.74) is 0.661. The predicted octanol–water partition coefficient (Wildman–Crippen LogP) is 6.16. The Bertz CT molecular complexity index is 1210. The van der Waals surface area contributed by atoms with Gasteiger partial charge in [-0.2, -0.15) is 0 Å². The minimum Gasteiger partial charge on any atom is -0.451 e. The predicted molar refractivity (Wildman–Crippen MR) is 115 cm³/mol. The molecule has 4 nitrogen and oxygen atoms in total. The van der Waals surface area contributed by atoms with E-state index in [9.17, 15) is 9.59 Å². The number of amides is 1. The third-order valence-electron chi connectivity index (χ3n) is 4.17. The van der Waals surface area contributed by atoms with E-state index in [-0.39, 0.29) is 4.88 Å². The van der Waals surface area contributed by atoms with Crippen LogP contribution in [0, 0.1) is 0 Å². The number of fused-ring (bicyclic) bond motifs is 2. The number of rotatable bonds is 4. The van der Waals surface area contributed by atoms with Gasteiger partial charge in [-0.1, -0.05) is 65.7 Å². The van der Waals surface area contributed by atoms with Crippen LogP contribution in [0.1, 0.15) is 9.67 Å². The highest BCUT2D eigenvalue weighted by molar-refractivity contribution is 7.21. The summed E-state index contributed by atoms with van der Waals surface area (Å²) in [6.45, 7) is -0.409. The summed E-state index contributed by atoms with van der Waals surface area (Å²) in [7, 11) is 0. The molecule has 1 heterocycles. The lowest BCUT2D eigenvalue weighted by Gasteiger charge is -2.09. The molecule has 0 saturated heterocycles. The monoisotopic (exact) mass is 429 g/mol. The van der Waals surface area contributed by atoms with Crippen molar-refractivity contribution in [2.75, 3.05) is 11.9 Å². The molecule has 3 aromatic carbocycles. The van der Waals surface area contributed by atoms with Crippen molar-refractivity contribution in [2.45, 2.75) is 0 Å². The zero-order chi connectivity index (χ0) is 19.7. The van der Waals surface area contributed by atoms with Crippen molar-refractivity contribution in [2.24, 2.45) is 0 Å². The maximum absolute atomic E-state index is 12.4. The first-order valence-electron chi connectivity index (χ1n) is 8.35. The van der Waals surface area contributed by atoms with Gasteiger partial charge in [0.15, 0.2) is 6.61 Å². The number of carbonyl (C=O) groups excluding carboxylic acids is 2. The molecule has 0 aliphatic rings. The third-order valence-corrected chi connectivity index (χ3v) is 6.05. The number of thiophene rings is 1. The number of benzene rings is 3. The van der Waals surface area contributed by atoms with Crippen LogP contribution >= 0.6 is 34.5 Å². The van der Waals surface area contributed by atoms with Crippen molar-refractivity contribution in [3.8, 4) is 0 Å². The Morgan fingerprint density at radius 3 is 2.61 bits per heavy atom. The molecule has 4 rings (SSSR count). The van der Waals surface area contributed by atoms with Gasteiger partial charge < -0.3 is 10.1 Å². The van der Waals surface area contributed by atoms with Gasteiger partial charge in [0.1, 0.15) is 4.88 Å². The Morgan fingerprint density at radius 2 is 1.75 bits per heavy atom. The molecule has 7 heteroatoms. The van der Waals surface area contributed by atoms with Gasteiger partial charge in [0.05, 0.1) is 5.02 Å². The standard InChI is InChI=1S/C21H13Cl2NO3S/c22-13-8-9-15-17(10-13)28-20(19(15)23)21(26)27-11-18(25)24-16-7-3-5-12-4-1-2-6-14(12)16/h1-10H,11H2,(H,24,25). The van der Waals surface area contributed by atoms with Crippen molar-refractivity contribution in [3.05, 3.63) is 75.6 Å². The fraction of sp³-hybridized carbons (Fsp3) is 0.0476. The highest BCUT2D eigenvalue weighted by atomic mass is 35.5. The van der Waals surface area contributed by atoms with Gasteiger partial charge in [0.25, 0.3) is 5.91 Å². The summed E-state index contributed by atoms with van der Waals surface area (Å²) < 4.78 is 5.94. The second kappa shape index (κ2) is 7.80. The highest BCUT2D eigenvalue weighted by Gasteiger charge is 2.19. The molecule has 140 valence electrons. The molecule has 0 saturated carbocycles. The van der Waals surface area contributed by atoms with E-state index >= 15 is 0 Å². The van der Waals surface area contributed by atoms with Crippen LogP contribution in [-0.4, -0.2) is 18.5 Å². The van der Waals surface area contributed by atoms with Crippen molar-refractivity contribution in [1.29, 1.82) is 0 Å². The summed E-state index contributed by atoms with van der Waals surface area (Å²) >= 11 is 13.4. The number of carbonyl (C=O) groups is 2. The van der Waals surface area contributed by atoms with Gasteiger partial charge in [-0.25, -0.2) is 4.79 Å². The summed E-state index contributed by atoms with van der Waals surface area (Å²) in [5.74, 6) is -1.07. The van der Waals surface area contributed by atoms with E-state index in [1.807, 2.05) is 36.4 Å². The zero-order valence-corrected chi connectivity index (χ0v) is 16.7. The van der Waals surface area contributed by atoms with Crippen molar-refractivity contribution in [1.82, 2.24) is 0 Å². The van der Waals surface area contributed by atoms with E-state index in [1.54, 1.807) is 24.3 Å². The first-order chi connectivity index (χ1) is 13.5.